The van der Waals surface area contributed by atoms with Crippen LogP contribution in [-0.4, -0.2) is 20.9 Å². The molecular formula is C19H14ClF3N2O5S. The van der Waals surface area contributed by atoms with Gasteiger partial charge in [-0.1, -0.05) is 11.6 Å². The van der Waals surface area contributed by atoms with Crippen LogP contribution in [-0.2, 0) is 21.0 Å². The monoisotopic (exact) mass is 474 g/mol. The predicted molar refractivity (Wildman–Crippen MR) is 107 cm³/mol. The van der Waals surface area contributed by atoms with Gasteiger partial charge in [0.25, 0.3) is 0 Å². The van der Waals surface area contributed by atoms with E-state index in [-0.39, 0.29) is 13.0 Å². The van der Waals surface area contributed by atoms with Crippen molar-refractivity contribution in [3.63, 3.8) is 0 Å². The van der Waals surface area contributed by atoms with Gasteiger partial charge in [-0.3, -0.25) is 4.79 Å². The van der Waals surface area contributed by atoms with E-state index in [1.807, 2.05) is 0 Å². The van der Waals surface area contributed by atoms with Gasteiger partial charge < -0.3 is 9.73 Å². The molecule has 0 aliphatic heterocycles. The number of carbonyl (C=O) groups excluding carboxylic acids is 1. The highest BCUT2D eigenvalue weighted by Gasteiger charge is 2.34. The quantitative estimate of drug-likeness (QED) is 0.529. The minimum absolute atomic E-state index is 0.277. The van der Waals surface area contributed by atoms with Crippen molar-refractivity contribution in [1.29, 1.82) is 0 Å². The molecule has 2 aromatic carbocycles. The van der Waals surface area contributed by atoms with Crippen molar-refractivity contribution in [2.75, 3.05) is 11.9 Å². The van der Waals surface area contributed by atoms with E-state index in [0.717, 1.165) is 12.1 Å². The molecule has 7 nitrogen and oxygen atoms in total. The third-order valence-corrected chi connectivity index (χ3v) is 5.89. The SMILES string of the molecule is O=C(CCNS(=O)(=O)c1ccc(Cl)c(C(F)(F)F)c1)Nc1ccc2oc(=O)ccc2c1. The highest BCUT2D eigenvalue weighted by Crippen LogP contribution is 2.35. The van der Waals surface area contributed by atoms with Gasteiger partial charge in [0.2, 0.25) is 15.9 Å². The Morgan fingerprint density at radius 2 is 1.81 bits per heavy atom. The molecule has 164 valence electrons. The van der Waals surface area contributed by atoms with Crippen LogP contribution in [0, 0.1) is 0 Å². The van der Waals surface area contributed by atoms with Gasteiger partial charge >= 0.3 is 11.8 Å². The van der Waals surface area contributed by atoms with Crippen molar-refractivity contribution in [1.82, 2.24) is 4.72 Å². The molecule has 1 amide bonds. The van der Waals surface area contributed by atoms with E-state index in [0.29, 0.717) is 22.7 Å². The summed E-state index contributed by atoms with van der Waals surface area (Å²) in [6.07, 6.45) is -5.09. The van der Waals surface area contributed by atoms with E-state index in [2.05, 4.69) is 10.0 Å². The van der Waals surface area contributed by atoms with Crippen LogP contribution in [0.1, 0.15) is 12.0 Å². The van der Waals surface area contributed by atoms with Crippen LogP contribution in [0.25, 0.3) is 11.0 Å². The smallest absolute Gasteiger partial charge is 0.417 e. The molecule has 1 heterocycles. The first-order valence-electron chi connectivity index (χ1n) is 8.66. The van der Waals surface area contributed by atoms with Crippen LogP contribution in [0.4, 0.5) is 18.9 Å². The van der Waals surface area contributed by atoms with Gasteiger partial charge in [0.15, 0.2) is 0 Å². The molecule has 0 radical (unpaired) electrons. The van der Waals surface area contributed by atoms with Crippen molar-refractivity contribution < 1.29 is 30.8 Å². The molecule has 0 aliphatic carbocycles. The Hall–Kier alpha value is -2.89. The Kier molecular flexibility index (Phi) is 6.39. The van der Waals surface area contributed by atoms with Crippen molar-refractivity contribution in [3.8, 4) is 0 Å². The molecule has 0 bridgehead atoms. The summed E-state index contributed by atoms with van der Waals surface area (Å²) in [6, 6.07) is 9.51. The van der Waals surface area contributed by atoms with Gasteiger partial charge in [-0.25, -0.2) is 17.9 Å². The van der Waals surface area contributed by atoms with E-state index in [4.69, 9.17) is 16.0 Å². The molecule has 31 heavy (non-hydrogen) atoms. The number of alkyl halides is 3. The number of fused-ring (bicyclic) bond motifs is 1. The number of carbonyl (C=O) groups is 1. The molecule has 12 heteroatoms. The van der Waals surface area contributed by atoms with Crippen LogP contribution in [0.2, 0.25) is 5.02 Å². The summed E-state index contributed by atoms with van der Waals surface area (Å²) in [7, 11) is -4.29. The van der Waals surface area contributed by atoms with Crippen LogP contribution in [0.15, 0.2) is 62.6 Å². The minimum atomic E-state index is -4.81. The maximum Gasteiger partial charge on any atom is 0.417 e. The molecular weight excluding hydrogens is 461 g/mol. The Morgan fingerprint density at radius 1 is 1.06 bits per heavy atom. The average Bonchev–Trinajstić information content (AvgIpc) is 2.67. The Morgan fingerprint density at radius 3 is 2.52 bits per heavy atom. The molecule has 0 saturated heterocycles. The molecule has 3 aromatic rings. The first-order chi connectivity index (χ1) is 14.5. The fourth-order valence-electron chi connectivity index (χ4n) is 2.64. The summed E-state index contributed by atoms with van der Waals surface area (Å²) in [5.74, 6) is -0.536. The second-order valence-corrected chi connectivity index (χ2v) is 8.52. The van der Waals surface area contributed by atoms with E-state index >= 15 is 0 Å². The molecule has 0 saturated carbocycles. The lowest BCUT2D eigenvalue weighted by molar-refractivity contribution is -0.137. The van der Waals surface area contributed by atoms with E-state index in [9.17, 15) is 31.2 Å². The number of halogens is 4. The molecule has 0 aliphatic rings. The van der Waals surface area contributed by atoms with Crippen LogP contribution in [0.3, 0.4) is 0 Å². The number of anilines is 1. The number of hydrogen-bond acceptors (Lipinski definition) is 5. The fourth-order valence-corrected chi connectivity index (χ4v) is 3.93. The number of amides is 1. The lowest BCUT2D eigenvalue weighted by Crippen LogP contribution is -2.28. The maximum atomic E-state index is 12.9. The highest BCUT2D eigenvalue weighted by molar-refractivity contribution is 7.89. The van der Waals surface area contributed by atoms with Gasteiger partial charge in [0.05, 0.1) is 15.5 Å². The van der Waals surface area contributed by atoms with Crippen molar-refractivity contribution in [3.05, 3.63) is 69.5 Å². The number of hydrogen-bond donors (Lipinski definition) is 2. The zero-order valence-electron chi connectivity index (χ0n) is 15.5. The normalized spacial score (nSPS) is 12.1. The largest absolute Gasteiger partial charge is 0.423 e. The zero-order valence-corrected chi connectivity index (χ0v) is 17.1. The van der Waals surface area contributed by atoms with Crippen LogP contribution >= 0.6 is 11.6 Å². The van der Waals surface area contributed by atoms with Gasteiger partial charge in [0.1, 0.15) is 5.58 Å². The summed E-state index contributed by atoms with van der Waals surface area (Å²) >= 11 is 5.49. The molecule has 0 spiro atoms. The Balaban J connectivity index is 1.62. The number of sulfonamides is 1. The van der Waals surface area contributed by atoms with Gasteiger partial charge in [-0.15, -0.1) is 0 Å². The molecule has 0 atom stereocenters. The number of benzene rings is 2. The van der Waals surface area contributed by atoms with Crippen LogP contribution in [0.5, 0.6) is 0 Å². The van der Waals surface area contributed by atoms with E-state index in [1.165, 1.54) is 24.3 Å². The molecule has 1 aromatic heterocycles. The number of nitrogens with one attached hydrogen (secondary N) is 2. The van der Waals surface area contributed by atoms with Crippen molar-refractivity contribution >= 4 is 44.2 Å². The van der Waals surface area contributed by atoms with Gasteiger partial charge in [-0.2, -0.15) is 13.2 Å². The molecule has 2 N–H and O–H groups in total. The van der Waals surface area contributed by atoms with Gasteiger partial charge in [-0.05, 0) is 42.5 Å². The lowest BCUT2D eigenvalue weighted by Gasteiger charge is -2.12. The summed E-state index contributed by atoms with van der Waals surface area (Å²) in [5, 5.41) is 2.50. The fraction of sp³-hybridized carbons (Fsp3) is 0.158. The predicted octanol–water partition coefficient (Wildman–Crippen LogP) is 3.77. The summed E-state index contributed by atoms with van der Waals surface area (Å²) in [6.45, 7) is -0.347. The number of rotatable bonds is 6. The first-order valence-corrected chi connectivity index (χ1v) is 10.5. The molecule has 0 fully saturated rings. The van der Waals surface area contributed by atoms with Crippen molar-refractivity contribution in [2.24, 2.45) is 0 Å². The second kappa shape index (κ2) is 8.69. The Bertz CT molecular complexity index is 1310. The topological polar surface area (TPSA) is 105 Å². The standard InChI is InChI=1S/C19H14ClF3N2O5S/c20-15-4-3-13(10-14(15)19(21,22)23)31(28,29)24-8-7-17(26)25-12-2-5-16-11(9-12)1-6-18(27)30-16/h1-6,9-10,24H,7-8H2,(H,25,26). The maximum absolute atomic E-state index is 12.9. The zero-order chi connectivity index (χ0) is 22.8. The third-order valence-electron chi connectivity index (χ3n) is 4.10. The molecule has 0 unspecified atom stereocenters. The first kappa shape index (κ1) is 22.8. The lowest BCUT2D eigenvalue weighted by atomic mass is 10.2. The average molecular weight is 475 g/mol. The third kappa shape index (κ3) is 5.63. The second-order valence-electron chi connectivity index (χ2n) is 6.34. The molecule has 3 rings (SSSR count). The van der Waals surface area contributed by atoms with Crippen LogP contribution < -0.4 is 15.7 Å². The van der Waals surface area contributed by atoms with Gasteiger partial charge in [0, 0.05) is 30.1 Å². The Labute approximate surface area is 178 Å². The summed E-state index contributed by atoms with van der Waals surface area (Å²) in [5.41, 5.74) is -1.07. The summed E-state index contributed by atoms with van der Waals surface area (Å²) < 4.78 is 70.3. The van der Waals surface area contributed by atoms with Crippen molar-refractivity contribution in [2.45, 2.75) is 17.5 Å². The highest BCUT2D eigenvalue weighted by atomic mass is 35.5. The minimum Gasteiger partial charge on any atom is -0.423 e. The summed E-state index contributed by atoms with van der Waals surface area (Å²) in [4.78, 5) is 22.6. The van der Waals surface area contributed by atoms with E-state index < -0.39 is 43.2 Å². The van der Waals surface area contributed by atoms with E-state index in [1.54, 1.807) is 6.07 Å².